The van der Waals surface area contributed by atoms with Crippen LogP contribution in [0.25, 0.3) is 6.08 Å². The van der Waals surface area contributed by atoms with Gasteiger partial charge in [-0.05, 0) is 17.7 Å². The number of thiol groups is 1. The van der Waals surface area contributed by atoms with Gasteiger partial charge in [-0.15, -0.1) is 0 Å². The first kappa shape index (κ1) is 11.3. The largest absolute Gasteiger partial charge is 0.224 e. The topological polar surface area (TPSA) is 34.1 Å². The van der Waals surface area contributed by atoms with E-state index in [0.29, 0.717) is 10.6 Å². The van der Waals surface area contributed by atoms with E-state index in [-0.39, 0.29) is 0 Å². The minimum Gasteiger partial charge on any atom is -0.224 e. The molecule has 0 fully saturated rings. The van der Waals surface area contributed by atoms with Crippen LogP contribution in [-0.2, 0) is 9.84 Å². The predicted octanol–water partition coefficient (Wildman–Crippen LogP) is 2.03. The van der Waals surface area contributed by atoms with Gasteiger partial charge < -0.3 is 0 Å². The van der Waals surface area contributed by atoms with Crippen molar-refractivity contribution in [3.8, 4) is 0 Å². The van der Waals surface area contributed by atoms with Crippen molar-refractivity contribution >= 4 is 28.5 Å². The van der Waals surface area contributed by atoms with Gasteiger partial charge in [0.1, 0.15) is 0 Å². The van der Waals surface area contributed by atoms with Gasteiger partial charge >= 0.3 is 0 Å². The quantitative estimate of drug-likeness (QED) is 0.803. The Morgan fingerprint density at radius 1 is 1.43 bits per heavy atom. The summed E-state index contributed by atoms with van der Waals surface area (Å²) in [5.74, 6) is 0.642. The van der Waals surface area contributed by atoms with Crippen molar-refractivity contribution in [3.63, 3.8) is 0 Å². The van der Waals surface area contributed by atoms with Crippen LogP contribution in [0.1, 0.15) is 5.56 Å². The highest BCUT2D eigenvalue weighted by Crippen LogP contribution is 2.12. The maximum Gasteiger partial charge on any atom is 0.175 e. The summed E-state index contributed by atoms with van der Waals surface area (Å²) in [6.07, 6.45) is 4.92. The molecule has 0 aliphatic heterocycles. The Bertz CT molecular complexity index is 433. The molecule has 0 amide bonds. The molecule has 0 radical (unpaired) electrons. The molecule has 1 aromatic carbocycles. The molecule has 0 N–H and O–H groups in total. The van der Waals surface area contributed by atoms with E-state index < -0.39 is 9.84 Å². The third-order valence-electron chi connectivity index (χ3n) is 1.70. The predicted molar refractivity (Wildman–Crippen MR) is 62.4 cm³/mol. The summed E-state index contributed by atoms with van der Waals surface area (Å²) < 4.78 is 22.4. The van der Waals surface area contributed by atoms with Crippen molar-refractivity contribution in [2.24, 2.45) is 0 Å². The Kier molecular flexibility index (Phi) is 3.77. The molecular formula is C10H12O2S2. The van der Waals surface area contributed by atoms with Gasteiger partial charge in [0, 0.05) is 12.0 Å². The van der Waals surface area contributed by atoms with Crippen LogP contribution in [0.2, 0.25) is 0 Å². The Morgan fingerprint density at radius 3 is 2.71 bits per heavy atom. The second kappa shape index (κ2) is 4.66. The molecule has 0 aliphatic rings. The lowest BCUT2D eigenvalue weighted by atomic mass is 10.2. The highest BCUT2D eigenvalue weighted by molar-refractivity contribution is 7.90. The Balaban J connectivity index is 3.08. The van der Waals surface area contributed by atoms with Crippen LogP contribution in [0.5, 0.6) is 0 Å². The van der Waals surface area contributed by atoms with Gasteiger partial charge in [0.15, 0.2) is 9.84 Å². The summed E-state index contributed by atoms with van der Waals surface area (Å²) in [5.41, 5.74) is 0.877. The molecule has 0 heterocycles. The number of rotatable bonds is 3. The summed E-state index contributed by atoms with van der Waals surface area (Å²) in [6, 6.07) is 6.83. The Labute approximate surface area is 90.0 Å². The fourth-order valence-corrected chi connectivity index (χ4v) is 1.82. The van der Waals surface area contributed by atoms with Gasteiger partial charge in [0.2, 0.25) is 0 Å². The van der Waals surface area contributed by atoms with E-state index in [0.717, 1.165) is 5.56 Å². The molecular weight excluding hydrogens is 216 g/mol. The van der Waals surface area contributed by atoms with E-state index in [2.05, 4.69) is 12.6 Å². The smallest absolute Gasteiger partial charge is 0.175 e. The lowest BCUT2D eigenvalue weighted by Gasteiger charge is -1.99. The van der Waals surface area contributed by atoms with Crippen molar-refractivity contribution in [1.82, 2.24) is 0 Å². The van der Waals surface area contributed by atoms with E-state index >= 15 is 0 Å². The molecule has 0 saturated heterocycles. The van der Waals surface area contributed by atoms with E-state index in [4.69, 9.17) is 0 Å². The lowest BCUT2D eigenvalue weighted by Crippen LogP contribution is -1.96. The molecule has 14 heavy (non-hydrogen) atoms. The van der Waals surface area contributed by atoms with Crippen molar-refractivity contribution in [3.05, 3.63) is 35.9 Å². The molecule has 76 valence electrons. The second-order valence-corrected chi connectivity index (χ2v) is 5.31. The van der Waals surface area contributed by atoms with E-state index in [1.54, 1.807) is 18.2 Å². The zero-order valence-electron chi connectivity index (χ0n) is 7.84. The van der Waals surface area contributed by atoms with Gasteiger partial charge in [-0.2, -0.15) is 12.6 Å². The van der Waals surface area contributed by atoms with E-state index in [9.17, 15) is 8.42 Å². The van der Waals surface area contributed by atoms with Gasteiger partial charge in [-0.25, -0.2) is 8.42 Å². The SMILES string of the molecule is CS(=O)(=O)c1cccc(C=CCS)c1. The lowest BCUT2D eigenvalue weighted by molar-refractivity contribution is 0.602. The number of hydrogen-bond acceptors (Lipinski definition) is 3. The molecule has 2 nitrogen and oxygen atoms in total. The van der Waals surface area contributed by atoms with Crippen LogP contribution in [0.3, 0.4) is 0 Å². The summed E-state index contributed by atoms with van der Waals surface area (Å²) in [4.78, 5) is 0.346. The van der Waals surface area contributed by atoms with Crippen molar-refractivity contribution in [2.75, 3.05) is 12.0 Å². The van der Waals surface area contributed by atoms with E-state index in [1.807, 2.05) is 18.2 Å². The molecule has 0 saturated carbocycles. The van der Waals surface area contributed by atoms with Crippen LogP contribution in [-0.4, -0.2) is 20.4 Å². The first-order valence-electron chi connectivity index (χ1n) is 4.11. The van der Waals surface area contributed by atoms with Crippen molar-refractivity contribution in [2.45, 2.75) is 4.90 Å². The average molecular weight is 228 g/mol. The Hall–Kier alpha value is -0.740. The van der Waals surface area contributed by atoms with Crippen LogP contribution < -0.4 is 0 Å². The van der Waals surface area contributed by atoms with Gasteiger partial charge in [0.05, 0.1) is 4.90 Å². The van der Waals surface area contributed by atoms with Gasteiger partial charge in [-0.3, -0.25) is 0 Å². The molecule has 0 aromatic heterocycles. The molecule has 0 spiro atoms. The first-order chi connectivity index (χ1) is 6.54. The maximum atomic E-state index is 11.2. The van der Waals surface area contributed by atoms with E-state index in [1.165, 1.54) is 6.26 Å². The fourth-order valence-electron chi connectivity index (χ4n) is 1.04. The third-order valence-corrected chi connectivity index (χ3v) is 3.02. The minimum absolute atomic E-state index is 0.346. The molecule has 0 aliphatic carbocycles. The summed E-state index contributed by atoms with van der Waals surface area (Å²) >= 11 is 4.03. The van der Waals surface area contributed by atoms with Gasteiger partial charge in [-0.1, -0.05) is 24.3 Å². The first-order valence-corrected chi connectivity index (χ1v) is 6.64. The molecule has 4 heteroatoms. The maximum absolute atomic E-state index is 11.2. The Morgan fingerprint density at radius 2 is 2.14 bits per heavy atom. The summed E-state index contributed by atoms with van der Waals surface area (Å²) in [5, 5.41) is 0. The number of hydrogen-bond donors (Lipinski definition) is 1. The molecule has 0 atom stereocenters. The van der Waals surface area contributed by atoms with Crippen LogP contribution in [0.4, 0.5) is 0 Å². The zero-order chi connectivity index (χ0) is 10.6. The monoisotopic (exact) mass is 228 g/mol. The van der Waals surface area contributed by atoms with Crippen molar-refractivity contribution in [1.29, 1.82) is 0 Å². The highest BCUT2D eigenvalue weighted by atomic mass is 32.2. The second-order valence-electron chi connectivity index (χ2n) is 2.93. The normalized spacial score (nSPS) is 12.1. The molecule has 1 aromatic rings. The summed E-state index contributed by atoms with van der Waals surface area (Å²) in [7, 11) is -3.10. The molecule has 0 bridgehead atoms. The van der Waals surface area contributed by atoms with Crippen LogP contribution >= 0.6 is 12.6 Å². The van der Waals surface area contributed by atoms with Crippen LogP contribution in [0.15, 0.2) is 35.2 Å². The molecule has 0 unspecified atom stereocenters. The van der Waals surface area contributed by atoms with Crippen molar-refractivity contribution < 1.29 is 8.42 Å². The standard InChI is InChI=1S/C10H12O2S2/c1-14(11,12)10-6-2-4-9(8-10)5-3-7-13/h2-6,8,13H,7H2,1H3. The molecule has 1 rings (SSSR count). The highest BCUT2D eigenvalue weighted by Gasteiger charge is 2.05. The fraction of sp³-hybridized carbons (Fsp3) is 0.200. The summed E-state index contributed by atoms with van der Waals surface area (Å²) in [6.45, 7) is 0. The number of benzene rings is 1. The van der Waals surface area contributed by atoms with Gasteiger partial charge in [0.25, 0.3) is 0 Å². The number of sulfone groups is 1. The third kappa shape index (κ3) is 3.20. The zero-order valence-corrected chi connectivity index (χ0v) is 9.55. The minimum atomic E-state index is -3.10. The van der Waals surface area contributed by atoms with Crippen LogP contribution in [0, 0.1) is 0 Å². The average Bonchev–Trinajstić information content (AvgIpc) is 2.14.